The Morgan fingerprint density at radius 1 is 0.962 bits per heavy atom. The second-order valence-electron chi connectivity index (χ2n) is 6.20. The van der Waals surface area contributed by atoms with Crippen molar-refractivity contribution < 1.29 is 13.2 Å². The molecule has 0 aliphatic heterocycles. The van der Waals surface area contributed by atoms with Crippen LogP contribution in [0.5, 0.6) is 0 Å². The van der Waals surface area contributed by atoms with E-state index in [1.54, 1.807) is 6.07 Å². The van der Waals surface area contributed by atoms with Gasteiger partial charge in [-0.2, -0.15) is 18.4 Å². The van der Waals surface area contributed by atoms with Crippen LogP contribution in [0.25, 0.3) is 27.4 Å². The van der Waals surface area contributed by atoms with Gasteiger partial charge in [0.2, 0.25) is 0 Å². The third kappa shape index (κ3) is 2.42. The van der Waals surface area contributed by atoms with Gasteiger partial charge in [-0.25, -0.2) is 0 Å². The summed E-state index contributed by atoms with van der Waals surface area (Å²) in [6.45, 7) is 1.87. The van der Waals surface area contributed by atoms with Gasteiger partial charge >= 0.3 is 6.18 Å². The molecule has 0 atom stereocenters. The van der Waals surface area contributed by atoms with Crippen LogP contribution in [0, 0.1) is 18.3 Å². The molecular formula is C21H13F3N2. The molecule has 0 N–H and O–H groups in total. The van der Waals surface area contributed by atoms with Crippen molar-refractivity contribution in [1.82, 2.24) is 4.40 Å². The highest BCUT2D eigenvalue weighted by Crippen LogP contribution is 2.38. The summed E-state index contributed by atoms with van der Waals surface area (Å²) in [6.07, 6.45) is -2.62. The van der Waals surface area contributed by atoms with E-state index in [0.29, 0.717) is 27.4 Å². The highest BCUT2D eigenvalue weighted by Gasteiger charge is 2.31. The molecule has 0 saturated carbocycles. The zero-order valence-corrected chi connectivity index (χ0v) is 13.8. The molecule has 0 unspecified atom stereocenters. The number of nitrogens with zero attached hydrogens (tertiary/aromatic N) is 2. The summed E-state index contributed by atoms with van der Waals surface area (Å²) in [5.41, 5.74) is 2.76. The van der Waals surface area contributed by atoms with Crippen LogP contribution < -0.4 is 0 Å². The fourth-order valence-electron chi connectivity index (χ4n) is 3.38. The van der Waals surface area contributed by atoms with Crippen LogP contribution >= 0.6 is 0 Å². The zero-order valence-electron chi connectivity index (χ0n) is 13.8. The maximum absolute atomic E-state index is 13.3. The molecule has 0 spiro atoms. The molecule has 5 heteroatoms. The molecule has 0 aliphatic rings. The molecule has 4 rings (SSSR count). The smallest absolute Gasteiger partial charge is 0.319 e. The number of aromatic nitrogens is 1. The fourth-order valence-corrected chi connectivity index (χ4v) is 3.38. The summed E-state index contributed by atoms with van der Waals surface area (Å²) in [7, 11) is 0. The normalized spacial score (nSPS) is 11.8. The minimum Gasteiger partial charge on any atom is -0.319 e. The third-order valence-corrected chi connectivity index (χ3v) is 4.58. The number of aryl methyl sites for hydroxylation is 1. The average molecular weight is 350 g/mol. The molecule has 128 valence electrons. The van der Waals surface area contributed by atoms with Gasteiger partial charge in [-0.3, -0.25) is 0 Å². The topological polar surface area (TPSA) is 28.2 Å². The van der Waals surface area contributed by atoms with Crippen molar-refractivity contribution in [3.05, 3.63) is 77.6 Å². The summed E-state index contributed by atoms with van der Waals surface area (Å²) < 4.78 is 41.6. The molecule has 2 aromatic heterocycles. The average Bonchev–Trinajstić information content (AvgIpc) is 2.96. The predicted octanol–water partition coefficient (Wildman–Crippen LogP) is 5.96. The van der Waals surface area contributed by atoms with Crippen LogP contribution in [0.3, 0.4) is 0 Å². The first-order chi connectivity index (χ1) is 12.4. The summed E-state index contributed by atoms with van der Waals surface area (Å²) >= 11 is 0. The predicted molar refractivity (Wildman–Crippen MR) is 94.8 cm³/mol. The monoisotopic (exact) mass is 350 g/mol. The van der Waals surface area contributed by atoms with Crippen molar-refractivity contribution in [2.75, 3.05) is 0 Å². The number of nitriles is 1. The third-order valence-electron chi connectivity index (χ3n) is 4.58. The fraction of sp³-hybridized carbons (Fsp3) is 0.0952. The lowest BCUT2D eigenvalue weighted by molar-refractivity contribution is -0.137. The van der Waals surface area contributed by atoms with Crippen LogP contribution in [-0.2, 0) is 6.18 Å². The Kier molecular flexibility index (Phi) is 3.52. The van der Waals surface area contributed by atoms with Gasteiger partial charge in [0.15, 0.2) is 0 Å². The molecule has 0 saturated heterocycles. The number of hydrogen-bond donors (Lipinski definition) is 0. The van der Waals surface area contributed by atoms with Crippen molar-refractivity contribution in [3.63, 3.8) is 0 Å². The van der Waals surface area contributed by atoms with Crippen molar-refractivity contribution in [2.45, 2.75) is 13.1 Å². The number of hydrogen-bond acceptors (Lipinski definition) is 1. The molecule has 0 amide bonds. The maximum Gasteiger partial charge on any atom is 0.416 e. The van der Waals surface area contributed by atoms with E-state index in [1.165, 1.54) is 12.1 Å². The Morgan fingerprint density at radius 2 is 1.69 bits per heavy atom. The van der Waals surface area contributed by atoms with Crippen molar-refractivity contribution >= 4 is 16.3 Å². The Labute approximate surface area is 147 Å². The molecule has 0 fully saturated rings. The first-order valence-corrected chi connectivity index (χ1v) is 8.01. The molecular weight excluding hydrogens is 337 g/mol. The standard InChI is InChI=1S/C21H13F3N2/c1-13-9-15(11-25)20-17-8-7-16(21(22,23)24)10-18(17)19(12-26(13)20)14-5-3-2-4-6-14/h2-10,12H,1H3. The molecule has 26 heavy (non-hydrogen) atoms. The Morgan fingerprint density at radius 3 is 2.35 bits per heavy atom. The quantitative estimate of drug-likeness (QED) is 0.416. The zero-order chi connectivity index (χ0) is 18.5. The van der Waals surface area contributed by atoms with Gasteiger partial charge in [-0.15, -0.1) is 0 Å². The molecule has 0 radical (unpaired) electrons. The van der Waals surface area contributed by atoms with Gasteiger partial charge in [0.25, 0.3) is 0 Å². The van der Waals surface area contributed by atoms with Gasteiger partial charge in [-0.05, 0) is 36.1 Å². The highest BCUT2D eigenvalue weighted by molar-refractivity contribution is 6.06. The summed E-state index contributed by atoms with van der Waals surface area (Å²) in [5, 5.41) is 10.5. The number of fused-ring (bicyclic) bond motifs is 3. The number of rotatable bonds is 1. The molecule has 2 nitrogen and oxygen atoms in total. The number of halogens is 3. The van der Waals surface area contributed by atoms with Gasteiger partial charge in [0.1, 0.15) is 6.07 Å². The molecule has 2 heterocycles. The van der Waals surface area contributed by atoms with Crippen LogP contribution in [-0.4, -0.2) is 4.40 Å². The first kappa shape index (κ1) is 16.2. The van der Waals surface area contributed by atoms with E-state index in [0.717, 1.165) is 17.3 Å². The minimum absolute atomic E-state index is 0.451. The van der Waals surface area contributed by atoms with E-state index in [9.17, 15) is 18.4 Å². The summed E-state index contributed by atoms with van der Waals surface area (Å²) in [4.78, 5) is 0. The second kappa shape index (κ2) is 5.63. The van der Waals surface area contributed by atoms with E-state index in [4.69, 9.17) is 0 Å². The van der Waals surface area contributed by atoms with E-state index >= 15 is 0 Å². The van der Waals surface area contributed by atoms with Gasteiger partial charge in [0.05, 0.1) is 16.6 Å². The Hall–Kier alpha value is -3.26. The van der Waals surface area contributed by atoms with Gasteiger partial charge in [-0.1, -0.05) is 36.4 Å². The van der Waals surface area contributed by atoms with Crippen molar-refractivity contribution in [3.8, 4) is 17.2 Å². The number of pyridine rings is 1. The second-order valence-corrected chi connectivity index (χ2v) is 6.20. The Balaban J connectivity index is 2.20. The van der Waals surface area contributed by atoms with E-state index in [1.807, 2.05) is 47.9 Å². The molecule has 0 aliphatic carbocycles. The lowest BCUT2D eigenvalue weighted by atomic mass is 9.97. The van der Waals surface area contributed by atoms with Gasteiger partial charge in [0, 0.05) is 22.8 Å². The lowest BCUT2D eigenvalue weighted by Gasteiger charge is -2.14. The maximum atomic E-state index is 13.3. The molecule has 4 aromatic rings. The minimum atomic E-state index is -4.43. The molecule has 2 aromatic carbocycles. The van der Waals surface area contributed by atoms with E-state index in [-0.39, 0.29) is 0 Å². The van der Waals surface area contributed by atoms with Gasteiger partial charge < -0.3 is 4.40 Å². The van der Waals surface area contributed by atoms with E-state index < -0.39 is 11.7 Å². The molecule has 0 bridgehead atoms. The number of alkyl halides is 3. The highest BCUT2D eigenvalue weighted by atomic mass is 19.4. The van der Waals surface area contributed by atoms with Crippen LogP contribution in [0.4, 0.5) is 13.2 Å². The number of benzene rings is 2. The Bertz CT molecular complexity index is 1180. The van der Waals surface area contributed by atoms with Crippen LogP contribution in [0.2, 0.25) is 0 Å². The van der Waals surface area contributed by atoms with Crippen LogP contribution in [0.1, 0.15) is 16.8 Å². The summed E-state index contributed by atoms with van der Waals surface area (Å²) in [6, 6.07) is 16.9. The van der Waals surface area contributed by atoms with E-state index in [2.05, 4.69) is 6.07 Å². The summed E-state index contributed by atoms with van der Waals surface area (Å²) in [5.74, 6) is 0. The van der Waals surface area contributed by atoms with Crippen molar-refractivity contribution in [2.24, 2.45) is 0 Å². The van der Waals surface area contributed by atoms with Crippen LogP contribution in [0.15, 0.2) is 60.8 Å². The first-order valence-electron chi connectivity index (χ1n) is 8.01. The van der Waals surface area contributed by atoms with Crippen molar-refractivity contribution in [1.29, 1.82) is 5.26 Å². The largest absolute Gasteiger partial charge is 0.416 e. The lowest BCUT2D eigenvalue weighted by Crippen LogP contribution is -2.05. The SMILES string of the molecule is Cc1cc(C#N)c2c3ccc(C(F)(F)F)cc3c(-c3ccccc3)cn12.